The molecule has 0 aliphatic rings. The van der Waals surface area contributed by atoms with Crippen molar-refractivity contribution in [3.05, 3.63) is 100 Å². The summed E-state index contributed by atoms with van der Waals surface area (Å²) < 4.78 is 5.72. The van der Waals surface area contributed by atoms with E-state index in [1.54, 1.807) is 35.2 Å². The highest BCUT2D eigenvalue weighted by atomic mass is 35.5. The summed E-state index contributed by atoms with van der Waals surface area (Å²) in [6, 6.07) is 23.1. The average Bonchev–Trinajstić information content (AvgIpc) is 2.83. The van der Waals surface area contributed by atoms with Crippen molar-refractivity contribution >= 4 is 35.0 Å². The second kappa shape index (κ2) is 12.4. The van der Waals surface area contributed by atoms with E-state index in [0.29, 0.717) is 22.2 Å². The van der Waals surface area contributed by atoms with Crippen LogP contribution in [0.5, 0.6) is 5.75 Å². The molecule has 0 saturated carbocycles. The predicted molar refractivity (Wildman–Crippen MR) is 136 cm³/mol. The molecular formula is C27H28Cl2N2O3. The first-order valence-corrected chi connectivity index (χ1v) is 11.8. The van der Waals surface area contributed by atoms with E-state index in [2.05, 4.69) is 5.32 Å². The molecule has 178 valence electrons. The number of hydrogen-bond donors (Lipinski definition) is 1. The molecular weight excluding hydrogens is 471 g/mol. The zero-order chi connectivity index (χ0) is 24.5. The van der Waals surface area contributed by atoms with Gasteiger partial charge in [0.05, 0.1) is 10.0 Å². The molecule has 0 radical (unpaired) electrons. The Morgan fingerprint density at radius 1 is 0.882 bits per heavy atom. The van der Waals surface area contributed by atoms with Gasteiger partial charge in [-0.2, -0.15) is 0 Å². The average molecular weight is 499 g/mol. The van der Waals surface area contributed by atoms with Crippen LogP contribution in [-0.2, 0) is 22.6 Å². The van der Waals surface area contributed by atoms with E-state index in [1.807, 2.05) is 62.4 Å². The summed E-state index contributed by atoms with van der Waals surface area (Å²) in [6.45, 7) is 3.75. The molecule has 0 aromatic heterocycles. The number of halogens is 2. The van der Waals surface area contributed by atoms with Gasteiger partial charge in [0.25, 0.3) is 5.91 Å². The van der Waals surface area contributed by atoms with Gasteiger partial charge in [-0.05, 0) is 49.2 Å². The van der Waals surface area contributed by atoms with Crippen LogP contribution in [-0.4, -0.2) is 35.4 Å². The maximum absolute atomic E-state index is 13.5. The lowest BCUT2D eigenvalue weighted by Crippen LogP contribution is -2.52. The van der Waals surface area contributed by atoms with Gasteiger partial charge in [-0.1, -0.05) is 77.8 Å². The minimum atomic E-state index is -0.744. The lowest BCUT2D eigenvalue weighted by atomic mass is 10.0. The molecule has 0 aliphatic heterocycles. The lowest BCUT2D eigenvalue weighted by Gasteiger charge is -2.32. The minimum absolute atomic E-state index is 0.0757. The van der Waals surface area contributed by atoms with Crippen LogP contribution in [0.3, 0.4) is 0 Å². The highest BCUT2D eigenvalue weighted by Gasteiger charge is 2.31. The monoisotopic (exact) mass is 498 g/mol. The summed E-state index contributed by atoms with van der Waals surface area (Å²) in [5, 5.41) is 3.77. The van der Waals surface area contributed by atoms with E-state index >= 15 is 0 Å². The summed E-state index contributed by atoms with van der Waals surface area (Å²) in [4.78, 5) is 28.3. The molecule has 0 bridgehead atoms. The first-order chi connectivity index (χ1) is 16.3. The van der Waals surface area contributed by atoms with Crippen LogP contribution in [0.2, 0.25) is 10.0 Å². The third kappa shape index (κ3) is 7.51. The summed E-state index contributed by atoms with van der Waals surface area (Å²) in [6.07, 6.45) is 0.359. The molecule has 0 unspecified atom stereocenters. The molecule has 3 aromatic rings. The number of para-hydroxylation sites is 1. The van der Waals surface area contributed by atoms with Gasteiger partial charge in [0.1, 0.15) is 11.8 Å². The Hall–Kier alpha value is -3.02. The van der Waals surface area contributed by atoms with Crippen molar-refractivity contribution in [2.24, 2.45) is 0 Å². The molecule has 0 heterocycles. The molecule has 34 heavy (non-hydrogen) atoms. The molecule has 5 nitrogen and oxygen atoms in total. The van der Waals surface area contributed by atoms with Crippen LogP contribution in [0, 0.1) is 0 Å². The van der Waals surface area contributed by atoms with Gasteiger partial charge in [0, 0.05) is 19.0 Å². The molecule has 1 atom stereocenters. The van der Waals surface area contributed by atoms with Crippen LogP contribution in [0.25, 0.3) is 0 Å². The van der Waals surface area contributed by atoms with E-state index in [4.69, 9.17) is 27.9 Å². The van der Waals surface area contributed by atoms with Crippen molar-refractivity contribution in [2.75, 3.05) is 6.61 Å². The Bertz CT molecular complexity index is 1090. The third-order valence-corrected chi connectivity index (χ3v) is 5.88. The third-order valence-electron chi connectivity index (χ3n) is 5.14. The van der Waals surface area contributed by atoms with Gasteiger partial charge in [-0.15, -0.1) is 0 Å². The number of ether oxygens (including phenoxy) is 1. The predicted octanol–water partition coefficient (Wildman–Crippen LogP) is 5.54. The van der Waals surface area contributed by atoms with Crippen LogP contribution < -0.4 is 10.1 Å². The molecule has 7 heteroatoms. The van der Waals surface area contributed by atoms with Crippen LogP contribution in [0.4, 0.5) is 0 Å². The summed E-state index contributed by atoms with van der Waals surface area (Å²) in [5.74, 6) is 0.0401. The molecule has 0 fully saturated rings. The molecule has 2 amide bonds. The van der Waals surface area contributed by atoms with E-state index in [9.17, 15) is 9.59 Å². The standard InChI is InChI=1S/C27H28Cl2N2O3/c1-19(2)30-27(33)25(16-20-9-5-3-6-10-20)31(17-21-13-14-23(28)24(29)15-21)26(32)18-34-22-11-7-4-8-12-22/h3-15,19,25H,16-18H2,1-2H3,(H,30,33)/t25-/m0/s1. The van der Waals surface area contributed by atoms with Crippen molar-refractivity contribution in [3.8, 4) is 5.75 Å². The number of nitrogens with one attached hydrogen (secondary N) is 1. The molecule has 0 spiro atoms. The number of benzene rings is 3. The fourth-order valence-electron chi connectivity index (χ4n) is 3.51. The van der Waals surface area contributed by atoms with Gasteiger partial charge in [0.2, 0.25) is 5.91 Å². The SMILES string of the molecule is CC(C)NC(=O)[C@H](Cc1ccccc1)N(Cc1ccc(Cl)c(Cl)c1)C(=O)COc1ccccc1. The summed E-state index contributed by atoms with van der Waals surface area (Å²) in [7, 11) is 0. The maximum atomic E-state index is 13.5. The number of carbonyl (C=O) groups is 2. The molecule has 0 aliphatic carbocycles. The van der Waals surface area contributed by atoms with Crippen LogP contribution in [0.15, 0.2) is 78.9 Å². The van der Waals surface area contributed by atoms with Crippen molar-refractivity contribution in [1.82, 2.24) is 10.2 Å². The second-order valence-corrected chi connectivity index (χ2v) is 9.06. The second-order valence-electron chi connectivity index (χ2n) is 8.24. The highest BCUT2D eigenvalue weighted by molar-refractivity contribution is 6.42. The Balaban J connectivity index is 1.92. The Morgan fingerprint density at radius 2 is 1.53 bits per heavy atom. The molecule has 3 rings (SSSR count). The van der Waals surface area contributed by atoms with E-state index in [1.165, 1.54) is 0 Å². The van der Waals surface area contributed by atoms with Crippen molar-refractivity contribution in [3.63, 3.8) is 0 Å². The lowest BCUT2D eigenvalue weighted by molar-refractivity contribution is -0.143. The van der Waals surface area contributed by atoms with E-state index in [-0.39, 0.29) is 31.0 Å². The first-order valence-electron chi connectivity index (χ1n) is 11.1. The zero-order valence-electron chi connectivity index (χ0n) is 19.2. The van der Waals surface area contributed by atoms with Gasteiger partial charge in [-0.25, -0.2) is 0 Å². The molecule has 3 aromatic carbocycles. The van der Waals surface area contributed by atoms with Gasteiger partial charge < -0.3 is 15.0 Å². The first kappa shape index (κ1) is 25.6. The number of nitrogens with zero attached hydrogens (tertiary/aromatic N) is 1. The number of hydrogen-bond acceptors (Lipinski definition) is 3. The normalized spacial score (nSPS) is 11.7. The van der Waals surface area contributed by atoms with E-state index < -0.39 is 6.04 Å². The van der Waals surface area contributed by atoms with Crippen molar-refractivity contribution in [2.45, 2.75) is 38.9 Å². The van der Waals surface area contributed by atoms with Gasteiger partial charge >= 0.3 is 0 Å². The number of amides is 2. The topological polar surface area (TPSA) is 58.6 Å². The van der Waals surface area contributed by atoms with Crippen molar-refractivity contribution < 1.29 is 14.3 Å². The zero-order valence-corrected chi connectivity index (χ0v) is 20.7. The maximum Gasteiger partial charge on any atom is 0.261 e. The number of carbonyl (C=O) groups excluding carboxylic acids is 2. The van der Waals surface area contributed by atoms with Gasteiger partial charge in [-0.3, -0.25) is 9.59 Å². The van der Waals surface area contributed by atoms with Crippen LogP contribution >= 0.6 is 23.2 Å². The summed E-state index contributed by atoms with van der Waals surface area (Å²) >= 11 is 12.3. The Labute approximate surface area is 210 Å². The molecule has 0 saturated heterocycles. The Morgan fingerprint density at radius 3 is 2.15 bits per heavy atom. The smallest absolute Gasteiger partial charge is 0.261 e. The largest absolute Gasteiger partial charge is 0.484 e. The quantitative estimate of drug-likeness (QED) is 0.399. The fourth-order valence-corrected chi connectivity index (χ4v) is 3.83. The molecule has 1 N–H and O–H groups in total. The minimum Gasteiger partial charge on any atom is -0.484 e. The van der Waals surface area contributed by atoms with Crippen LogP contribution in [0.1, 0.15) is 25.0 Å². The fraction of sp³-hybridized carbons (Fsp3) is 0.259. The number of rotatable bonds is 10. The van der Waals surface area contributed by atoms with Crippen molar-refractivity contribution in [1.29, 1.82) is 0 Å². The Kier molecular flexibility index (Phi) is 9.37. The summed E-state index contributed by atoms with van der Waals surface area (Å²) in [5.41, 5.74) is 1.71. The van der Waals surface area contributed by atoms with Gasteiger partial charge in [0.15, 0.2) is 6.61 Å². The highest BCUT2D eigenvalue weighted by Crippen LogP contribution is 2.24. The van der Waals surface area contributed by atoms with E-state index in [0.717, 1.165) is 11.1 Å².